The molecule has 1 aliphatic heterocycles. The molecular formula is C28H31N7O7. The normalized spacial score (nSPS) is 19.8. The number of hydrogen-bond donors (Lipinski definition) is 5. The predicted octanol–water partition coefficient (Wildman–Crippen LogP) is 1.03. The smallest absolute Gasteiger partial charge is 0.258 e. The molecule has 2 aromatic carbocycles. The van der Waals surface area contributed by atoms with Crippen molar-refractivity contribution in [2.75, 3.05) is 25.6 Å². The first-order chi connectivity index (χ1) is 20.4. The first-order valence-corrected chi connectivity index (χ1v) is 13.2. The van der Waals surface area contributed by atoms with E-state index in [4.69, 9.17) is 14.2 Å². The maximum atomic E-state index is 12.2. The third kappa shape index (κ3) is 6.25. The Hall–Kier alpha value is -4.79. The van der Waals surface area contributed by atoms with E-state index >= 15 is 0 Å². The number of aliphatic hydroxyl groups excluding tert-OH is 2. The van der Waals surface area contributed by atoms with Crippen LogP contribution in [-0.2, 0) is 20.9 Å². The Balaban J connectivity index is 1.19. The van der Waals surface area contributed by atoms with Gasteiger partial charge in [0.25, 0.3) is 11.8 Å². The molecule has 1 saturated heterocycles. The van der Waals surface area contributed by atoms with Gasteiger partial charge in [-0.05, 0) is 48.9 Å². The average Bonchev–Trinajstić information content (AvgIpc) is 3.57. The van der Waals surface area contributed by atoms with Crippen LogP contribution in [0.15, 0.2) is 61.2 Å². The Morgan fingerprint density at radius 1 is 0.976 bits per heavy atom. The van der Waals surface area contributed by atoms with Gasteiger partial charge in [0.1, 0.15) is 30.0 Å². The molecule has 1 aliphatic rings. The molecule has 0 bridgehead atoms. The Morgan fingerprint density at radius 2 is 1.71 bits per heavy atom. The fourth-order valence-electron chi connectivity index (χ4n) is 4.43. The van der Waals surface area contributed by atoms with Gasteiger partial charge in [0, 0.05) is 18.8 Å². The van der Waals surface area contributed by atoms with Crippen LogP contribution in [0.25, 0.3) is 11.2 Å². The van der Waals surface area contributed by atoms with E-state index in [0.717, 1.165) is 11.3 Å². The number of ether oxygens (including phenoxy) is 3. The lowest BCUT2D eigenvalue weighted by atomic mass is 10.1. The zero-order valence-electron chi connectivity index (χ0n) is 22.9. The summed E-state index contributed by atoms with van der Waals surface area (Å²) < 4.78 is 17.9. The Bertz CT molecular complexity index is 1530. The number of aliphatic hydroxyl groups is 2. The molecule has 0 spiro atoms. The second kappa shape index (κ2) is 12.8. The molecule has 42 heavy (non-hydrogen) atoms. The number of hydrogen-bond acceptors (Lipinski definition) is 11. The highest BCUT2D eigenvalue weighted by molar-refractivity contribution is 5.85. The second-order valence-electron chi connectivity index (χ2n) is 9.43. The molecular weight excluding hydrogens is 546 g/mol. The van der Waals surface area contributed by atoms with Gasteiger partial charge >= 0.3 is 0 Å². The van der Waals surface area contributed by atoms with E-state index in [1.807, 2.05) is 24.3 Å². The van der Waals surface area contributed by atoms with Crippen molar-refractivity contribution in [3.63, 3.8) is 0 Å². The Kier molecular flexibility index (Phi) is 8.76. The number of amides is 2. The summed E-state index contributed by atoms with van der Waals surface area (Å²) in [5, 5.41) is 29.5. The number of nitrogens with zero attached hydrogens (tertiary/aromatic N) is 4. The van der Waals surface area contributed by atoms with Gasteiger partial charge in [0.2, 0.25) is 0 Å². The number of carbonyl (C=O) groups excluding carboxylic acids is 2. The van der Waals surface area contributed by atoms with Crippen molar-refractivity contribution in [1.29, 1.82) is 0 Å². The molecule has 2 amide bonds. The van der Waals surface area contributed by atoms with Crippen LogP contribution >= 0.6 is 0 Å². The number of likely N-dealkylation sites (N-methyl/N-ethyl adjacent to an activating group) is 1. The van der Waals surface area contributed by atoms with Crippen LogP contribution in [0.3, 0.4) is 0 Å². The molecule has 2 aromatic heterocycles. The number of benzene rings is 2. The monoisotopic (exact) mass is 577 g/mol. The molecule has 1 fully saturated rings. The molecule has 5 N–H and O–H groups in total. The van der Waals surface area contributed by atoms with Gasteiger partial charge < -0.3 is 40.4 Å². The van der Waals surface area contributed by atoms with Gasteiger partial charge in [0.15, 0.2) is 35.9 Å². The van der Waals surface area contributed by atoms with E-state index < -0.39 is 30.4 Å². The quantitative estimate of drug-likeness (QED) is 0.172. The maximum Gasteiger partial charge on any atom is 0.258 e. The lowest BCUT2D eigenvalue weighted by molar-refractivity contribution is -0.137. The van der Waals surface area contributed by atoms with Crippen molar-refractivity contribution < 1.29 is 34.0 Å². The van der Waals surface area contributed by atoms with Gasteiger partial charge in [0.05, 0.1) is 13.4 Å². The van der Waals surface area contributed by atoms with Crippen LogP contribution in [0.5, 0.6) is 11.5 Å². The molecule has 14 nitrogen and oxygen atoms in total. The molecule has 14 heteroatoms. The van der Waals surface area contributed by atoms with Crippen molar-refractivity contribution in [3.05, 3.63) is 66.7 Å². The van der Waals surface area contributed by atoms with Gasteiger partial charge in [-0.25, -0.2) is 15.0 Å². The number of nitrogens with one attached hydrogen (secondary N) is 3. The topological polar surface area (TPSA) is 182 Å². The highest BCUT2D eigenvalue weighted by Crippen LogP contribution is 2.33. The van der Waals surface area contributed by atoms with Gasteiger partial charge in [-0.1, -0.05) is 12.1 Å². The van der Waals surface area contributed by atoms with E-state index in [2.05, 4.69) is 30.9 Å². The third-order valence-electron chi connectivity index (χ3n) is 6.62. The van der Waals surface area contributed by atoms with Crippen molar-refractivity contribution in [2.45, 2.75) is 38.0 Å². The lowest BCUT2D eigenvalue weighted by Gasteiger charge is -2.16. The standard InChI is InChI=1S/C28H31N7O7/c1-3-29-27(39)24-22(37)23(38)28(42-24)35-15-33-21-25(31-14-32-26(21)35)34-17-6-10-19(11-7-17)41-13-20(36)30-12-16-4-8-18(40-2)9-5-16/h4-11,14-15,22-24,28,37-38H,3,12-13H2,1-2H3,(H,29,39)(H,30,36)(H,31,32,34)/t22-,23+,24-,28+/m0/s1. The van der Waals surface area contributed by atoms with Crippen molar-refractivity contribution >= 4 is 34.5 Å². The van der Waals surface area contributed by atoms with Crippen LogP contribution in [0.1, 0.15) is 18.7 Å². The van der Waals surface area contributed by atoms with Gasteiger partial charge in [-0.2, -0.15) is 0 Å². The van der Waals surface area contributed by atoms with E-state index in [0.29, 0.717) is 41.5 Å². The zero-order chi connectivity index (χ0) is 29.6. The summed E-state index contributed by atoms with van der Waals surface area (Å²) in [7, 11) is 1.60. The third-order valence-corrected chi connectivity index (χ3v) is 6.62. The van der Waals surface area contributed by atoms with Crippen LogP contribution in [0.2, 0.25) is 0 Å². The lowest BCUT2D eigenvalue weighted by Crippen LogP contribution is -2.42. The summed E-state index contributed by atoms with van der Waals surface area (Å²) in [6.07, 6.45) is -2.38. The van der Waals surface area contributed by atoms with E-state index in [1.54, 1.807) is 38.3 Å². The molecule has 0 radical (unpaired) electrons. The van der Waals surface area contributed by atoms with E-state index in [-0.39, 0.29) is 12.5 Å². The minimum absolute atomic E-state index is 0.141. The summed E-state index contributed by atoms with van der Waals surface area (Å²) in [6, 6.07) is 14.3. The highest BCUT2D eigenvalue weighted by Gasteiger charge is 2.47. The van der Waals surface area contributed by atoms with Crippen molar-refractivity contribution in [1.82, 2.24) is 30.2 Å². The number of rotatable bonds is 11. The maximum absolute atomic E-state index is 12.2. The minimum atomic E-state index is -1.42. The SMILES string of the molecule is CCNC(=O)[C@H]1O[C@@H](n2cnc3c(Nc4ccc(OCC(=O)NCc5ccc(OC)cc5)cc4)ncnc32)[C@H](O)[C@@H]1O. The molecule has 0 saturated carbocycles. The fraction of sp³-hybridized carbons (Fsp3) is 0.321. The molecule has 3 heterocycles. The first-order valence-electron chi connectivity index (χ1n) is 13.2. The van der Waals surface area contributed by atoms with Crippen LogP contribution in [-0.4, -0.2) is 80.1 Å². The summed E-state index contributed by atoms with van der Waals surface area (Å²) in [4.78, 5) is 37.3. The number of carbonyl (C=O) groups is 2. The van der Waals surface area contributed by atoms with Gasteiger partial charge in [-0.3, -0.25) is 14.2 Å². The van der Waals surface area contributed by atoms with E-state index in [9.17, 15) is 19.8 Å². The fourth-order valence-corrected chi connectivity index (χ4v) is 4.43. The van der Waals surface area contributed by atoms with Crippen LogP contribution in [0.4, 0.5) is 11.5 Å². The Labute approximate surface area is 240 Å². The number of aromatic nitrogens is 4. The first kappa shape index (κ1) is 28.7. The van der Waals surface area contributed by atoms with Crippen LogP contribution < -0.4 is 25.4 Å². The minimum Gasteiger partial charge on any atom is -0.497 e. The molecule has 0 unspecified atom stereocenters. The number of imidazole rings is 1. The van der Waals surface area contributed by atoms with Crippen molar-refractivity contribution in [2.24, 2.45) is 0 Å². The average molecular weight is 578 g/mol. The number of anilines is 2. The zero-order valence-corrected chi connectivity index (χ0v) is 22.9. The summed E-state index contributed by atoms with van der Waals surface area (Å²) in [6.45, 7) is 2.33. The van der Waals surface area contributed by atoms with E-state index in [1.165, 1.54) is 17.2 Å². The number of methoxy groups -OCH3 is 1. The second-order valence-corrected chi connectivity index (χ2v) is 9.43. The number of fused-ring (bicyclic) bond motifs is 1. The molecule has 4 aromatic rings. The largest absolute Gasteiger partial charge is 0.497 e. The van der Waals surface area contributed by atoms with Gasteiger partial charge in [-0.15, -0.1) is 0 Å². The molecule has 4 atom stereocenters. The molecule has 5 rings (SSSR count). The molecule has 220 valence electrons. The van der Waals surface area contributed by atoms with Crippen LogP contribution in [0, 0.1) is 0 Å². The summed E-state index contributed by atoms with van der Waals surface area (Å²) in [5.74, 6) is 0.864. The highest BCUT2D eigenvalue weighted by atomic mass is 16.6. The predicted molar refractivity (Wildman–Crippen MR) is 150 cm³/mol. The summed E-state index contributed by atoms with van der Waals surface area (Å²) in [5.41, 5.74) is 2.33. The summed E-state index contributed by atoms with van der Waals surface area (Å²) >= 11 is 0. The Morgan fingerprint density at radius 3 is 2.43 bits per heavy atom. The molecule has 0 aliphatic carbocycles. The van der Waals surface area contributed by atoms with Crippen molar-refractivity contribution in [3.8, 4) is 11.5 Å².